The minimum Gasteiger partial charge on any atom is -0.380 e. The normalized spacial score (nSPS) is 17.3. The fourth-order valence-corrected chi connectivity index (χ4v) is 1.56. The molecule has 1 aliphatic rings. The van der Waals surface area contributed by atoms with Crippen molar-refractivity contribution in [2.24, 2.45) is 12.5 Å². The van der Waals surface area contributed by atoms with E-state index in [0.717, 1.165) is 4.68 Å². The summed E-state index contributed by atoms with van der Waals surface area (Å²) in [4.78, 5) is 22.9. The molecule has 0 unspecified atom stereocenters. The monoisotopic (exact) mass is 237 g/mol. The summed E-state index contributed by atoms with van der Waals surface area (Å²) in [5.74, 6) is -0.270. The molecule has 1 saturated heterocycles. The van der Waals surface area contributed by atoms with Crippen LogP contribution in [-0.4, -0.2) is 35.4 Å². The van der Waals surface area contributed by atoms with Crippen molar-refractivity contribution in [1.29, 1.82) is 0 Å². The fraction of sp³-hybridized carbons (Fsp3) is 0.545. The Hall–Kier alpha value is -1.69. The maximum Gasteiger partial charge on any atom is 0.271 e. The highest BCUT2D eigenvalue weighted by Gasteiger charge is 2.33. The lowest BCUT2D eigenvalue weighted by Gasteiger charge is -2.37. The van der Waals surface area contributed by atoms with Gasteiger partial charge in [0.15, 0.2) is 0 Å². The molecule has 1 aromatic heterocycles. The number of hydrogen-bond donors (Lipinski definition) is 1. The van der Waals surface area contributed by atoms with Crippen LogP contribution in [0.25, 0.3) is 0 Å². The van der Waals surface area contributed by atoms with Gasteiger partial charge in [0, 0.05) is 25.1 Å². The molecule has 0 saturated carbocycles. The van der Waals surface area contributed by atoms with Crippen molar-refractivity contribution in [1.82, 2.24) is 15.1 Å². The van der Waals surface area contributed by atoms with Gasteiger partial charge in [-0.05, 0) is 6.07 Å². The molecule has 2 rings (SSSR count). The first-order chi connectivity index (χ1) is 8.00. The van der Waals surface area contributed by atoms with Gasteiger partial charge in [-0.1, -0.05) is 6.92 Å². The van der Waals surface area contributed by atoms with Gasteiger partial charge in [-0.25, -0.2) is 4.68 Å². The van der Waals surface area contributed by atoms with E-state index in [1.165, 1.54) is 19.2 Å². The van der Waals surface area contributed by atoms with Crippen LogP contribution in [-0.2, 0) is 11.8 Å². The van der Waals surface area contributed by atoms with Crippen molar-refractivity contribution in [2.75, 3.05) is 19.8 Å². The second kappa shape index (κ2) is 4.29. The zero-order valence-corrected chi connectivity index (χ0v) is 9.90. The summed E-state index contributed by atoms with van der Waals surface area (Å²) in [6.45, 7) is 3.92. The Morgan fingerprint density at radius 3 is 2.82 bits per heavy atom. The first-order valence-corrected chi connectivity index (χ1v) is 5.40. The predicted molar refractivity (Wildman–Crippen MR) is 60.7 cm³/mol. The zero-order valence-electron chi connectivity index (χ0n) is 9.90. The van der Waals surface area contributed by atoms with Crippen LogP contribution in [0.1, 0.15) is 17.4 Å². The Morgan fingerprint density at radius 2 is 2.29 bits per heavy atom. The van der Waals surface area contributed by atoms with Gasteiger partial charge in [0.2, 0.25) is 0 Å². The smallest absolute Gasteiger partial charge is 0.271 e. The predicted octanol–water partition coefficient (Wildman–Crippen LogP) is -0.453. The van der Waals surface area contributed by atoms with Gasteiger partial charge in [-0.15, -0.1) is 0 Å². The van der Waals surface area contributed by atoms with E-state index in [4.69, 9.17) is 4.74 Å². The number of nitrogens with zero attached hydrogens (tertiary/aromatic N) is 2. The molecule has 1 fully saturated rings. The van der Waals surface area contributed by atoms with E-state index in [2.05, 4.69) is 10.4 Å². The third-order valence-electron chi connectivity index (χ3n) is 2.77. The molecule has 6 heteroatoms. The number of amides is 1. The summed E-state index contributed by atoms with van der Waals surface area (Å²) < 4.78 is 6.24. The number of ether oxygens (including phenoxy) is 1. The third-order valence-corrected chi connectivity index (χ3v) is 2.77. The van der Waals surface area contributed by atoms with Crippen LogP contribution >= 0.6 is 0 Å². The van der Waals surface area contributed by atoms with E-state index in [9.17, 15) is 9.59 Å². The summed E-state index contributed by atoms with van der Waals surface area (Å²) in [6, 6.07) is 2.76. The number of hydrogen-bond acceptors (Lipinski definition) is 4. The number of aromatic nitrogens is 2. The Bertz CT molecular complexity index is 491. The minimum atomic E-state index is -0.270. The van der Waals surface area contributed by atoms with E-state index < -0.39 is 0 Å². The van der Waals surface area contributed by atoms with Gasteiger partial charge in [0.1, 0.15) is 5.69 Å². The average molecular weight is 237 g/mol. The number of aryl methyl sites for hydroxylation is 1. The summed E-state index contributed by atoms with van der Waals surface area (Å²) in [7, 11) is 1.51. The van der Waals surface area contributed by atoms with Crippen LogP contribution < -0.4 is 10.9 Å². The van der Waals surface area contributed by atoms with Gasteiger partial charge >= 0.3 is 0 Å². The highest BCUT2D eigenvalue weighted by Crippen LogP contribution is 2.25. The van der Waals surface area contributed by atoms with Crippen LogP contribution in [0.15, 0.2) is 16.9 Å². The van der Waals surface area contributed by atoms with E-state index >= 15 is 0 Å². The summed E-state index contributed by atoms with van der Waals surface area (Å²) in [5, 5.41) is 6.67. The largest absolute Gasteiger partial charge is 0.380 e. The summed E-state index contributed by atoms with van der Waals surface area (Å²) in [5.41, 5.74) is 0.0351. The van der Waals surface area contributed by atoms with Gasteiger partial charge in [-0.2, -0.15) is 5.10 Å². The lowest BCUT2D eigenvalue weighted by atomic mass is 9.89. The molecule has 0 aliphatic carbocycles. The lowest BCUT2D eigenvalue weighted by Crippen LogP contribution is -2.48. The van der Waals surface area contributed by atoms with E-state index in [-0.39, 0.29) is 22.6 Å². The number of carbonyl (C=O) groups excluding carboxylic acids is 1. The van der Waals surface area contributed by atoms with Crippen LogP contribution in [0.5, 0.6) is 0 Å². The molecule has 17 heavy (non-hydrogen) atoms. The average Bonchev–Trinajstić information content (AvgIpc) is 2.27. The molecule has 0 atom stereocenters. The Morgan fingerprint density at radius 1 is 1.59 bits per heavy atom. The lowest BCUT2D eigenvalue weighted by molar-refractivity contribution is -0.0978. The summed E-state index contributed by atoms with van der Waals surface area (Å²) >= 11 is 0. The van der Waals surface area contributed by atoms with Crippen molar-refractivity contribution < 1.29 is 9.53 Å². The fourth-order valence-electron chi connectivity index (χ4n) is 1.56. The van der Waals surface area contributed by atoms with Crippen molar-refractivity contribution in [3.05, 3.63) is 28.2 Å². The molecule has 0 aromatic carbocycles. The molecule has 92 valence electrons. The molecular weight excluding hydrogens is 222 g/mol. The van der Waals surface area contributed by atoms with E-state index in [1.54, 1.807) is 0 Å². The van der Waals surface area contributed by atoms with Crippen LogP contribution in [0.4, 0.5) is 0 Å². The molecule has 1 amide bonds. The van der Waals surface area contributed by atoms with Crippen molar-refractivity contribution in [3.63, 3.8) is 0 Å². The molecule has 1 aliphatic heterocycles. The Kier molecular flexibility index (Phi) is 2.97. The van der Waals surface area contributed by atoms with Crippen molar-refractivity contribution in [2.45, 2.75) is 6.92 Å². The highest BCUT2D eigenvalue weighted by atomic mass is 16.5. The Balaban J connectivity index is 1.99. The highest BCUT2D eigenvalue weighted by molar-refractivity contribution is 5.92. The Labute approximate surface area is 98.6 Å². The van der Waals surface area contributed by atoms with Gasteiger partial charge in [-0.3, -0.25) is 9.59 Å². The van der Waals surface area contributed by atoms with Crippen molar-refractivity contribution >= 4 is 5.91 Å². The van der Waals surface area contributed by atoms with Crippen LogP contribution in [0, 0.1) is 5.41 Å². The molecule has 1 N–H and O–H groups in total. The van der Waals surface area contributed by atoms with Gasteiger partial charge < -0.3 is 10.1 Å². The maximum atomic E-state index is 11.8. The van der Waals surface area contributed by atoms with Crippen LogP contribution in [0.3, 0.4) is 0 Å². The SMILES string of the molecule is Cn1nc(C(=O)NCC2(C)COC2)ccc1=O. The van der Waals surface area contributed by atoms with Gasteiger partial charge in [0.25, 0.3) is 11.5 Å². The first-order valence-electron chi connectivity index (χ1n) is 5.40. The molecule has 2 heterocycles. The molecular formula is C11H15N3O3. The molecule has 6 nitrogen and oxygen atoms in total. The van der Waals surface area contributed by atoms with E-state index in [1.807, 2.05) is 6.92 Å². The second-order valence-electron chi connectivity index (χ2n) is 4.67. The minimum absolute atomic E-state index is 0.0241. The summed E-state index contributed by atoms with van der Waals surface area (Å²) in [6.07, 6.45) is 0. The maximum absolute atomic E-state index is 11.8. The standard InChI is InChI=1S/C11H15N3O3/c1-11(6-17-7-11)5-12-10(16)8-3-4-9(15)14(2)13-8/h3-4H,5-7H2,1-2H3,(H,12,16). The van der Waals surface area contributed by atoms with Crippen molar-refractivity contribution in [3.8, 4) is 0 Å². The van der Waals surface area contributed by atoms with Crippen LogP contribution in [0.2, 0.25) is 0 Å². The second-order valence-corrected chi connectivity index (χ2v) is 4.67. The molecule has 0 spiro atoms. The number of rotatable bonds is 3. The molecule has 0 bridgehead atoms. The molecule has 1 aromatic rings. The number of carbonyl (C=O) groups is 1. The number of nitrogens with one attached hydrogen (secondary N) is 1. The van der Waals surface area contributed by atoms with E-state index in [0.29, 0.717) is 19.8 Å². The molecule has 0 radical (unpaired) electrons. The van der Waals surface area contributed by atoms with Gasteiger partial charge in [0.05, 0.1) is 13.2 Å². The topological polar surface area (TPSA) is 73.2 Å². The third kappa shape index (κ3) is 2.52. The first kappa shape index (κ1) is 11.8. The zero-order chi connectivity index (χ0) is 12.5. The quantitative estimate of drug-likeness (QED) is 0.772.